The molecule has 4 nitrogen and oxygen atoms in total. The normalized spacial score (nSPS) is 12.9. The maximum atomic E-state index is 12.6. The van der Waals surface area contributed by atoms with Crippen LogP contribution in [0.2, 0.25) is 0 Å². The summed E-state index contributed by atoms with van der Waals surface area (Å²) in [5, 5.41) is 1.90. The molecule has 0 fully saturated rings. The number of hydrogen-bond acceptors (Lipinski definition) is 5. The van der Waals surface area contributed by atoms with E-state index in [1.807, 2.05) is 23.6 Å². The Kier molecular flexibility index (Phi) is 3.75. The highest BCUT2D eigenvalue weighted by Crippen LogP contribution is 2.32. The van der Waals surface area contributed by atoms with E-state index in [0.29, 0.717) is 30.8 Å². The minimum absolute atomic E-state index is 0.00702. The van der Waals surface area contributed by atoms with Crippen LogP contribution in [-0.4, -0.2) is 18.9 Å². The summed E-state index contributed by atoms with van der Waals surface area (Å²) in [6.45, 7) is 0.416. The van der Waals surface area contributed by atoms with Crippen LogP contribution in [0.1, 0.15) is 32.8 Å². The first-order valence-electron chi connectivity index (χ1n) is 6.62. The zero-order valence-corrected chi connectivity index (χ0v) is 12.4. The van der Waals surface area contributed by atoms with Crippen LogP contribution in [0.3, 0.4) is 0 Å². The number of fused-ring (bicyclic) bond motifs is 2. The highest BCUT2D eigenvalue weighted by atomic mass is 32.1. The van der Waals surface area contributed by atoms with Crippen LogP contribution in [-0.2, 0) is 22.6 Å². The molecule has 0 atom stereocenters. The van der Waals surface area contributed by atoms with Crippen LogP contribution in [0.4, 0.5) is 0 Å². The first-order chi connectivity index (χ1) is 10.2. The second kappa shape index (κ2) is 5.69. The topological polar surface area (TPSA) is 52.6 Å². The number of methoxy groups -OCH3 is 1. The van der Waals surface area contributed by atoms with Crippen LogP contribution in [0.5, 0.6) is 5.75 Å². The van der Waals surface area contributed by atoms with Crippen molar-refractivity contribution < 1.29 is 19.1 Å². The van der Waals surface area contributed by atoms with Crippen molar-refractivity contribution in [2.24, 2.45) is 0 Å². The molecule has 0 N–H and O–H groups in total. The summed E-state index contributed by atoms with van der Waals surface area (Å²) in [5.41, 5.74) is 2.42. The van der Waals surface area contributed by atoms with Gasteiger partial charge < -0.3 is 9.47 Å². The molecule has 3 rings (SSSR count). The van der Waals surface area contributed by atoms with Crippen molar-refractivity contribution in [3.63, 3.8) is 0 Å². The third kappa shape index (κ3) is 2.69. The van der Waals surface area contributed by atoms with Gasteiger partial charge in [-0.05, 0) is 35.6 Å². The molecule has 0 radical (unpaired) electrons. The van der Waals surface area contributed by atoms with Gasteiger partial charge in [-0.3, -0.25) is 9.59 Å². The van der Waals surface area contributed by atoms with Crippen LogP contribution in [0.25, 0.3) is 0 Å². The second-order valence-corrected chi connectivity index (χ2v) is 5.72. The van der Waals surface area contributed by atoms with Crippen LogP contribution in [0, 0.1) is 0 Å². The molecule has 5 heteroatoms. The van der Waals surface area contributed by atoms with Gasteiger partial charge in [0.05, 0.1) is 17.6 Å². The van der Waals surface area contributed by atoms with Crippen LogP contribution in [0.15, 0.2) is 29.6 Å². The number of hydrogen-bond donors (Lipinski definition) is 0. The average molecular weight is 302 g/mol. The highest BCUT2D eigenvalue weighted by Gasteiger charge is 2.23. The summed E-state index contributed by atoms with van der Waals surface area (Å²) in [6, 6.07) is 7.42. The Hall–Kier alpha value is -2.14. The Morgan fingerprint density at radius 2 is 2.24 bits per heavy atom. The number of rotatable bonds is 3. The zero-order valence-electron chi connectivity index (χ0n) is 11.5. The van der Waals surface area contributed by atoms with Crippen molar-refractivity contribution in [2.45, 2.75) is 19.4 Å². The van der Waals surface area contributed by atoms with Crippen LogP contribution >= 0.6 is 11.3 Å². The standard InChI is InChI=1S/C16H14O4S/c1-19-14(17)5-3-10-2-4-13-12(8-10)15(18)16-11(9-20-13)6-7-21-16/h2,4,6-8H,3,5,9H2,1H3. The minimum Gasteiger partial charge on any atom is -0.488 e. The fraction of sp³-hybridized carbons (Fsp3) is 0.250. The van der Waals surface area contributed by atoms with E-state index >= 15 is 0 Å². The lowest BCUT2D eigenvalue weighted by atomic mass is 10.0. The highest BCUT2D eigenvalue weighted by molar-refractivity contribution is 7.12. The van der Waals surface area contributed by atoms with Crippen molar-refractivity contribution in [1.82, 2.24) is 0 Å². The summed E-state index contributed by atoms with van der Waals surface area (Å²) in [7, 11) is 1.37. The predicted molar refractivity (Wildman–Crippen MR) is 78.9 cm³/mol. The van der Waals surface area contributed by atoms with Crippen molar-refractivity contribution in [2.75, 3.05) is 7.11 Å². The van der Waals surface area contributed by atoms with Gasteiger partial charge in [0.15, 0.2) is 0 Å². The number of thiophene rings is 1. The summed E-state index contributed by atoms with van der Waals surface area (Å²) in [5.74, 6) is 0.339. The van der Waals surface area contributed by atoms with E-state index in [4.69, 9.17) is 4.74 Å². The molecule has 2 heterocycles. The summed E-state index contributed by atoms with van der Waals surface area (Å²) >= 11 is 1.43. The SMILES string of the molecule is COC(=O)CCc1ccc2c(c1)C(=O)c1sccc1CO2. The van der Waals surface area contributed by atoms with Gasteiger partial charge in [-0.1, -0.05) is 6.07 Å². The van der Waals surface area contributed by atoms with E-state index in [-0.39, 0.29) is 11.8 Å². The summed E-state index contributed by atoms with van der Waals surface area (Å²) in [6.07, 6.45) is 0.846. The van der Waals surface area contributed by atoms with Crippen molar-refractivity contribution in [1.29, 1.82) is 0 Å². The Morgan fingerprint density at radius 1 is 1.38 bits per heavy atom. The number of aryl methyl sites for hydroxylation is 1. The molecule has 1 aromatic carbocycles. The molecule has 1 aliphatic heterocycles. The molecule has 0 saturated heterocycles. The molecule has 21 heavy (non-hydrogen) atoms. The molecule has 2 aromatic rings. The third-order valence-electron chi connectivity index (χ3n) is 3.47. The molecular weight excluding hydrogens is 288 g/mol. The Balaban J connectivity index is 1.90. The lowest BCUT2D eigenvalue weighted by Crippen LogP contribution is -2.04. The predicted octanol–water partition coefficient (Wildman–Crippen LogP) is 2.98. The lowest BCUT2D eigenvalue weighted by molar-refractivity contribution is -0.140. The van der Waals surface area contributed by atoms with Gasteiger partial charge in [-0.25, -0.2) is 0 Å². The van der Waals surface area contributed by atoms with Gasteiger partial charge in [0.1, 0.15) is 12.4 Å². The lowest BCUT2D eigenvalue weighted by Gasteiger charge is -2.08. The van der Waals surface area contributed by atoms with Crippen LogP contribution < -0.4 is 4.74 Å². The van der Waals surface area contributed by atoms with Gasteiger partial charge in [-0.2, -0.15) is 0 Å². The van der Waals surface area contributed by atoms with Crippen molar-refractivity contribution >= 4 is 23.1 Å². The monoisotopic (exact) mass is 302 g/mol. The number of esters is 1. The molecule has 1 aliphatic rings. The third-order valence-corrected chi connectivity index (χ3v) is 4.43. The Bertz CT molecular complexity index is 702. The van der Waals surface area contributed by atoms with E-state index < -0.39 is 0 Å². The van der Waals surface area contributed by atoms with Gasteiger partial charge in [0, 0.05) is 12.0 Å². The molecule has 0 bridgehead atoms. The number of ketones is 1. The fourth-order valence-corrected chi connectivity index (χ4v) is 3.17. The van der Waals surface area contributed by atoms with E-state index in [0.717, 1.165) is 16.0 Å². The zero-order chi connectivity index (χ0) is 14.8. The second-order valence-electron chi connectivity index (χ2n) is 4.80. The smallest absolute Gasteiger partial charge is 0.305 e. The fourth-order valence-electron chi connectivity index (χ4n) is 2.31. The van der Waals surface area contributed by atoms with Crippen molar-refractivity contribution in [3.8, 4) is 5.75 Å². The van der Waals surface area contributed by atoms with E-state index in [1.165, 1.54) is 18.4 Å². The molecular formula is C16H14O4S. The van der Waals surface area contributed by atoms with E-state index in [2.05, 4.69) is 4.74 Å². The molecule has 108 valence electrons. The largest absolute Gasteiger partial charge is 0.488 e. The molecule has 0 aliphatic carbocycles. The maximum absolute atomic E-state index is 12.6. The van der Waals surface area contributed by atoms with E-state index in [1.54, 1.807) is 6.07 Å². The van der Waals surface area contributed by atoms with Crippen molar-refractivity contribution in [3.05, 3.63) is 51.2 Å². The summed E-state index contributed by atoms with van der Waals surface area (Å²) < 4.78 is 10.3. The number of ether oxygens (including phenoxy) is 2. The van der Waals surface area contributed by atoms with Gasteiger partial charge in [0.25, 0.3) is 0 Å². The number of carbonyl (C=O) groups excluding carboxylic acids is 2. The van der Waals surface area contributed by atoms with Gasteiger partial charge in [-0.15, -0.1) is 11.3 Å². The Morgan fingerprint density at radius 3 is 3.05 bits per heavy atom. The minimum atomic E-state index is -0.256. The number of benzene rings is 1. The maximum Gasteiger partial charge on any atom is 0.305 e. The van der Waals surface area contributed by atoms with Gasteiger partial charge in [0.2, 0.25) is 5.78 Å². The quantitative estimate of drug-likeness (QED) is 0.818. The number of carbonyl (C=O) groups is 2. The first-order valence-corrected chi connectivity index (χ1v) is 7.50. The average Bonchev–Trinajstić information content (AvgIpc) is 2.94. The van der Waals surface area contributed by atoms with Gasteiger partial charge >= 0.3 is 5.97 Å². The molecule has 0 spiro atoms. The van der Waals surface area contributed by atoms with E-state index in [9.17, 15) is 9.59 Å². The summed E-state index contributed by atoms with van der Waals surface area (Å²) in [4.78, 5) is 24.5. The molecule has 1 aromatic heterocycles. The molecule has 0 saturated carbocycles. The molecule has 0 unspecified atom stereocenters. The molecule has 0 amide bonds. The Labute approximate surface area is 126 Å². The first kappa shape index (κ1) is 13.8.